The molecule has 74 valence electrons. The number of carbonyl (C=O) groups excluding carboxylic acids is 1. The van der Waals surface area contributed by atoms with Gasteiger partial charge in [0.25, 0.3) is 0 Å². The summed E-state index contributed by atoms with van der Waals surface area (Å²) in [7, 11) is 0. The second-order valence-corrected chi connectivity index (χ2v) is 3.37. The quantitative estimate of drug-likeness (QED) is 0.529. The van der Waals surface area contributed by atoms with Crippen LogP contribution in [0.4, 0.5) is 11.4 Å². The third-order valence-corrected chi connectivity index (χ3v) is 2.27. The molecule has 1 aromatic carbocycles. The molecule has 4 nitrogen and oxygen atoms in total. The second kappa shape index (κ2) is 3.57. The van der Waals surface area contributed by atoms with E-state index in [9.17, 15) is 4.79 Å². The van der Waals surface area contributed by atoms with Gasteiger partial charge in [-0.15, -0.1) is 0 Å². The van der Waals surface area contributed by atoms with Gasteiger partial charge >= 0.3 is 0 Å². The summed E-state index contributed by atoms with van der Waals surface area (Å²) in [6, 6.07) is 5.69. The summed E-state index contributed by atoms with van der Waals surface area (Å²) >= 11 is 0. The molecular weight excluding hydrogens is 178 g/mol. The third kappa shape index (κ3) is 1.79. The Hall–Kier alpha value is -1.71. The smallest absolute Gasteiger partial charge is 0.222 e. The Bertz CT molecular complexity index is 362. The van der Waals surface area contributed by atoms with E-state index in [4.69, 9.17) is 5.73 Å². The molecular formula is C10H13N3O. The van der Waals surface area contributed by atoms with Crippen LogP contribution >= 0.6 is 0 Å². The Balaban J connectivity index is 2.29. The fourth-order valence-electron chi connectivity index (χ4n) is 1.53. The van der Waals surface area contributed by atoms with Crippen LogP contribution in [-0.2, 0) is 11.3 Å². The average molecular weight is 191 g/mol. The monoisotopic (exact) mass is 191 g/mol. The van der Waals surface area contributed by atoms with E-state index in [0.717, 1.165) is 16.9 Å². The number of hydrogen-bond acceptors (Lipinski definition) is 3. The predicted octanol–water partition coefficient (Wildman–Crippen LogP) is 0.701. The summed E-state index contributed by atoms with van der Waals surface area (Å²) in [6.07, 6.45) is 0.518. The van der Waals surface area contributed by atoms with Gasteiger partial charge < -0.3 is 16.4 Å². The fraction of sp³-hybridized carbons (Fsp3) is 0.300. The SMILES string of the molecule is Nc1ccc2c(c1)CNC(=O)CCN2. The van der Waals surface area contributed by atoms with Crippen LogP contribution in [0, 0.1) is 0 Å². The van der Waals surface area contributed by atoms with Crippen molar-refractivity contribution in [1.29, 1.82) is 0 Å². The second-order valence-electron chi connectivity index (χ2n) is 3.37. The van der Waals surface area contributed by atoms with Gasteiger partial charge in [0.1, 0.15) is 0 Å². The molecule has 14 heavy (non-hydrogen) atoms. The average Bonchev–Trinajstić information content (AvgIpc) is 2.15. The molecule has 1 amide bonds. The zero-order valence-electron chi connectivity index (χ0n) is 7.84. The number of nitrogen functional groups attached to an aromatic ring is 1. The molecule has 0 unspecified atom stereocenters. The van der Waals surface area contributed by atoms with Gasteiger partial charge in [-0.3, -0.25) is 4.79 Å². The Morgan fingerprint density at radius 1 is 1.29 bits per heavy atom. The summed E-state index contributed by atoms with van der Waals surface area (Å²) in [5.41, 5.74) is 8.48. The highest BCUT2D eigenvalue weighted by Gasteiger charge is 2.09. The van der Waals surface area contributed by atoms with E-state index in [1.54, 1.807) is 0 Å². The molecule has 1 aromatic rings. The van der Waals surface area contributed by atoms with Crippen LogP contribution in [0.15, 0.2) is 18.2 Å². The van der Waals surface area contributed by atoms with E-state index in [1.165, 1.54) is 0 Å². The van der Waals surface area contributed by atoms with Gasteiger partial charge in [0.2, 0.25) is 5.91 Å². The molecule has 0 atom stereocenters. The van der Waals surface area contributed by atoms with Crippen molar-refractivity contribution in [1.82, 2.24) is 5.32 Å². The van der Waals surface area contributed by atoms with Crippen molar-refractivity contribution in [3.8, 4) is 0 Å². The molecule has 1 aliphatic heterocycles. The summed E-state index contributed by atoms with van der Waals surface area (Å²) in [5, 5.41) is 6.04. The molecule has 0 aliphatic carbocycles. The first-order chi connectivity index (χ1) is 6.75. The number of amides is 1. The minimum atomic E-state index is 0.0746. The van der Waals surface area contributed by atoms with E-state index in [2.05, 4.69) is 10.6 Å². The molecule has 0 spiro atoms. The van der Waals surface area contributed by atoms with Crippen LogP contribution in [0.2, 0.25) is 0 Å². The molecule has 0 radical (unpaired) electrons. The number of hydrogen-bond donors (Lipinski definition) is 3. The predicted molar refractivity (Wildman–Crippen MR) is 55.8 cm³/mol. The van der Waals surface area contributed by atoms with Crippen molar-refractivity contribution in [2.45, 2.75) is 13.0 Å². The van der Waals surface area contributed by atoms with Crippen LogP contribution in [0.25, 0.3) is 0 Å². The summed E-state index contributed by atoms with van der Waals surface area (Å²) in [5.74, 6) is 0.0746. The lowest BCUT2D eigenvalue weighted by molar-refractivity contribution is -0.121. The van der Waals surface area contributed by atoms with E-state index in [1.807, 2.05) is 18.2 Å². The van der Waals surface area contributed by atoms with Crippen molar-refractivity contribution < 1.29 is 4.79 Å². The highest BCUT2D eigenvalue weighted by molar-refractivity contribution is 5.77. The van der Waals surface area contributed by atoms with Crippen molar-refractivity contribution in [2.75, 3.05) is 17.6 Å². The number of benzene rings is 1. The minimum absolute atomic E-state index is 0.0746. The zero-order chi connectivity index (χ0) is 9.97. The first-order valence-corrected chi connectivity index (χ1v) is 4.65. The number of nitrogens with one attached hydrogen (secondary N) is 2. The van der Waals surface area contributed by atoms with Gasteiger partial charge in [-0.1, -0.05) is 0 Å². The van der Waals surface area contributed by atoms with Crippen molar-refractivity contribution in [2.24, 2.45) is 0 Å². The maximum Gasteiger partial charge on any atom is 0.222 e. The van der Waals surface area contributed by atoms with Crippen LogP contribution in [0.1, 0.15) is 12.0 Å². The van der Waals surface area contributed by atoms with Gasteiger partial charge in [0, 0.05) is 30.9 Å². The number of fused-ring (bicyclic) bond motifs is 1. The number of nitrogens with two attached hydrogens (primary N) is 1. The third-order valence-electron chi connectivity index (χ3n) is 2.27. The van der Waals surface area contributed by atoms with Gasteiger partial charge in [-0.25, -0.2) is 0 Å². The van der Waals surface area contributed by atoms with Crippen LogP contribution in [0.5, 0.6) is 0 Å². The molecule has 0 aromatic heterocycles. The minimum Gasteiger partial charge on any atom is -0.399 e. The summed E-state index contributed by atoms with van der Waals surface area (Å²) in [4.78, 5) is 11.1. The molecule has 1 aliphatic rings. The molecule has 0 bridgehead atoms. The lowest BCUT2D eigenvalue weighted by Gasteiger charge is -2.16. The maximum absolute atomic E-state index is 11.1. The Morgan fingerprint density at radius 3 is 3.00 bits per heavy atom. The van der Waals surface area contributed by atoms with Crippen LogP contribution in [-0.4, -0.2) is 12.5 Å². The topological polar surface area (TPSA) is 67.1 Å². The van der Waals surface area contributed by atoms with Gasteiger partial charge in [-0.2, -0.15) is 0 Å². The lowest BCUT2D eigenvalue weighted by atomic mass is 10.1. The van der Waals surface area contributed by atoms with Crippen LogP contribution in [0.3, 0.4) is 0 Å². The molecule has 0 saturated carbocycles. The number of anilines is 2. The molecule has 0 saturated heterocycles. The fourth-order valence-corrected chi connectivity index (χ4v) is 1.53. The van der Waals surface area contributed by atoms with E-state index in [-0.39, 0.29) is 5.91 Å². The molecule has 1 heterocycles. The highest BCUT2D eigenvalue weighted by atomic mass is 16.1. The lowest BCUT2D eigenvalue weighted by Crippen LogP contribution is -2.28. The molecule has 4 N–H and O–H groups in total. The van der Waals surface area contributed by atoms with Gasteiger partial charge in [-0.05, 0) is 23.8 Å². The van der Waals surface area contributed by atoms with Crippen molar-refractivity contribution in [3.63, 3.8) is 0 Å². The largest absolute Gasteiger partial charge is 0.399 e. The van der Waals surface area contributed by atoms with Crippen molar-refractivity contribution >= 4 is 17.3 Å². The first-order valence-electron chi connectivity index (χ1n) is 4.65. The Kier molecular flexibility index (Phi) is 2.26. The zero-order valence-corrected chi connectivity index (χ0v) is 7.84. The first kappa shape index (κ1) is 8.87. The Labute approximate surface area is 82.5 Å². The number of rotatable bonds is 0. The Morgan fingerprint density at radius 2 is 2.14 bits per heavy atom. The van der Waals surface area contributed by atoms with Gasteiger partial charge in [0.05, 0.1) is 0 Å². The molecule has 4 heteroatoms. The van der Waals surface area contributed by atoms with Crippen LogP contribution < -0.4 is 16.4 Å². The summed E-state index contributed by atoms with van der Waals surface area (Å²) < 4.78 is 0. The highest BCUT2D eigenvalue weighted by Crippen LogP contribution is 2.19. The van der Waals surface area contributed by atoms with Gasteiger partial charge in [0.15, 0.2) is 0 Å². The normalized spacial score (nSPS) is 15.9. The standard InChI is InChI=1S/C10H13N3O/c11-8-1-2-9-7(5-8)6-13-10(14)3-4-12-9/h1-2,5,12H,3-4,6,11H2,(H,13,14). The summed E-state index contributed by atoms with van der Waals surface area (Å²) in [6.45, 7) is 1.22. The number of carbonyl (C=O) groups is 1. The van der Waals surface area contributed by atoms with E-state index >= 15 is 0 Å². The van der Waals surface area contributed by atoms with Crippen molar-refractivity contribution in [3.05, 3.63) is 23.8 Å². The van der Waals surface area contributed by atoms with E-state index < -0.39 is 0 Å². The molecule has 0 fully saturated rings. The van der Waals surface area contributed by atoms with E-state index in [0.29, 0.717) is 19.5 Å². The maximum atomic E-state index is 11.1. The molecule has 2 rings (SSSR count).